The third kappa shape index (κ3) is 3.93. The molecule has 0 radical (unpaired) electrons. The van der Waals surface area contributed by atoms with Crippen molar-refractivity contribution in [1.29, 1.82) is 0 Å². The van der Waals surface area contributed by atoms with Crippen LogP contribution >= 0.6 is 0 Å². The molecule has 0 amide bonds. The highest BCUT2D eigenvalue weighted by atomic mass is 16.5. The van der Waals surface area contributed by atoms with Crippen LogP contribution < -0.4 is 4.74 Å². The van der Waals surface area contributed by atoms with Crippen molar-refractivity contribution in [3.05, 3.63) is 29.3 Å². The molecule has 1 atom stereocenters. The van der Waals surface area contributed by atoms with Crippen molar-refractivity contribution in [3.8, 4) is 5.75 Å². The molecule has 1 N–H and O–H groups in total. The topological polar surface area (TPSA) is 46.5 Å². The van der Waals surface area contributed by atoms with Gasteiger partial charge in [-0.15, -0.1) is 0 Å². The van der Waals surface area contributed by atoms with E-state index in [9.17, 15) is 4.79 Å². The Morgan fingerprint density at radius 1 is 1.44 bits per heavy atom. The number of hydrogen-bond acceptors (Lipinski definition) is 2. The lowest BCUT2D eigenvalue weighted by molar-refractivity contribution is -0.138. The molecular weight excluding hydrogens is 204 g/mol. The monoisotopic (exact) mass is 222 g/mol. The van der Waals surface area contributed by atoms with E-state index in [0.29, 0.717) is 6.61 Å². The first-order valence-corrected chi connectivity index (χ1v) is 5.41. The molecular formula is C13H18O3. The Morgan fingerprint density at radius 2 is 2.12 bits per heavy atom. The average Bonchev–Trinajstić information content (AvgIpc) is 2.18. The van der Waals surface area contributed by atoms with Gasteiger partial charge in [-0.1, -0.05) is 19.1 Å². The van der Waals surface area contributed by atoms with E-state index < -0.39 is 5.97 Å². The second-order valence-electron chi connectivity index (χ2n) is 4.28. The van der Waals surface area contributed by atoms with E-state index in [1.807, 2.05) is 39.0 Å². The van der Waals surface area contributed by atoms with Gasteiger partial charge >= 0.3 is 5.97 Å². The Morgan fingerprint density at radius 3 is 2.75 bits per heavy atom. The quantitative estimate of drug-likeness (QED) is 0.833. The molecule has 1 aromatic carbocycles. The van der Waals surface area contributed by atoms with Crippen molar-refractivity contribution in [2.75, 3.05) is 6.61 Å². The maximum Gasteiger partial charge on any atom is 0.303 e. The number of carboxylic acids is 1. The fourth-order valence-electron chi connectivity index (χ4n) is 1.45. The number of benzene rings is 1. The van der Waals surface area contributed by atoms with Gasteiger partial charge in [0.1, 0.15) is 5.75 Å². The highest BCUT2D eigenvalue weighted by molar-refractivity contribution is 5.66. The minimum Gasteiger partial charge on any atom is -0.493 e. The Hall–Kier alpha value is -1.51. The third-order valence-corrected chi connectivity index (χ3v) is 2.39. The summed E-state index contributed by atoms with van der Waals surface area (Å²) in [6.07, 6.45) is 0.144. The number of carbonyl (C=O) groups is 1. The molecule has 0 aliphatic rings. The summed E-state index contributed by atoms with van der Waals surface area (Å²) in [6, 6.07) is 6.01. The summed E-state index contributed by atoms with van der Waals surface area (Å²) in [5.41, 5.74) is 2.22. The Bertz CT molecular complexity index is 371. The summed E-state index contributed by atoms with van der Waals surface area (Å²) in [7, 11) is 0. The Balaban J connectivity index is 2.54. The average molecular weight is 222 g/mol. The highest BCUT2D eigenvalue weighted by Crippen LogP contribution is 2.20. The molecule has 88 valence electrons. The van der Waals surface area contributed by atoms with Gasteiger partial charge in [-0.05, 0) is 31.0 Å². The number of ether oxygens (including phenoxy) is 1. The van der Waals surface area contributed by atoms with Crippen LogP contribution in [0.15, 0.2) is 18.2 Å². The molecule has 0 saturated heterocycles. The largest absolute Gasteiger partial charge is 0.493 e. The molecule has 0 saturated carbocycles. The molecule has 1 rings (SSSR count). The van der Waals surface area contributed by atoms with Gasteiger partial charge in [-0.3, -0.25) is 4.79 Å². The van der Waals surface area contributed by atoms with Crippen LogP contribution in [0.5, 0.6) is 5.75 Å². The van der Waals surface area contributed by atoms with Gasteiger partial charge in [0.05, 0.1) is 13.0 Å². The van der Waals surface area contributed by atoms with Crippen LogP contribution in [-0.2, 0) is 4.79 Å². The maximum atomic E-state index is 10.5. The lowest BCUT2D eigenvalue weighted by atomic mass is 10.1. The first kappa shape index (κ1) is 12.6. The van der Waals surface area contributed by atoms with Crippen molar-refractivity contribution in [2.24, 2.45) is 5.92 Å². The number of aryl methyl sites for hydroxylation is 2. The normalized spacial score (nSPS) is 12.2. The summed E-state index contributed by atoms with van der Waals surface area (Å²) < 4.78 is 5.62. The van der Waals surface area contributed by atoms with Crippen LogP contribution in [0, 0.1) is 19.8 Å². The van der Waals surface area contributed by atoms with Crippen molar-refractivity contribution < 1.29 is 14.6 Å². The van der Waals surface area contributed by atoms with Gasteiger partial charge in [0.15, 0.2) is 0 Å². The zero-order chi connectivity index (χ0) is 12.1. The molecule has 0 aromatic heterocycles. The maximum absolute atomic E-state index is 10.5. The number of aliphatic carboxylic acids is 1. The van der Waals surface area contributed by atoms with E-state index in [-0.39, 0.29) is 12.3 Å². The molecule has 0 spiro atoms. The van der Waals surface area contributed by atoms with Gasteiger partial charge in [0.25, 0.3) is 0 Å². The van der Waals surface area contributed by atoms with Crippen molar-refractivity contribution >= 4 is 5.97 Å². The lowest BCUT2D eigenvalue weighted by Crippen LogP contribution is -2.13. The summed E-state index contributed by atoms with van der Waals surface area (Å²) >= 11 is 0. The predicted octanol–water partition coefficient (Wildman–Crippen LogP) is 2.79. The van der Waals surface area contributed by atoms with E-state index in [1.165, 1.54) is 0 Å². The Kier molecular flexibility index (Phi) is 4.35. The lowest BCUT2D eigenvalue weighted by Gasteiger charge is -2.13. The van der Waals surface area contributed by atoms with Gasteiger partial charge < -0.3 is 9.84 Å². The van der Waals surface area contributed by atoms with Crippen LogP contribution in [0.2, 0.25) is 0 Å². The standard InChI is InChI=1S/C13H18O3/c1-9-4-5-11(3)12(6-9)16-8-10(2)7-13(14)15/h4-6,10H,7-8H2,1-3H3,(H,14,15). The molecule has 0 fully saturated rings. The molecule has 0 aliphatic carbocycles. The zero-order valence-corrected chi connectivity index (χ0v) is 9.99. The second kappa shape index (κ2) is 5.54. The number of rotatable bonds is 5. The van der Waals surface area contributed by atoms with Crippen molar-refractivity contribution in [3.63, 3.8) is 0 Å². The summed E-state index contributed by atoms with van der Waals surface area (Å²) in [5.74, 6) is 0.0896. The van der Waals surface area contributed by atoms with Gasteiger partial charge in [0, 0.05) is 5.92 Å². The van der Waals surface area contributed by atoms with Gasteiger partial charge in [-0.2, -0.15) is 0 Å². The predicted molar refractivity (Wildman–Crippen MR) is 62.8 cm³/mol. The number of hydrogen-bond donors (Lipinski definition) is 1. The van der Waals surface area contributed by atoms with Gasteiger partial charge in [-0.25, -0.2) is 0 Å². The summed E-state index contributed by atoms with van der Waals surface area (Å²) in [6.45, 7) is 6.31. The van der Waals surface area contributed by atoms with E-state index >= 15 is 0 Å². The van der Waals surface area contributed by atoms with Crippen LogP contribution in [0.1, 0.15) is 24.5 Å². The van der Waals surface area contributed by atoms with Crippen molar-refractivity contribution in [1.82, 2.24) is 0 Å². The van der Waals surface area contributed by atoms with Crippen LogP contribution in [0.3, 0.4) is 0 Å². The first-order chi connectivity index (χ1) is 7.49. The zero-order valence-electron chi connectivity index (χ0n) is 9.99. The van der Waals surface area contributed by atoms with E-state index in [1.54, 1.807) is 0 Å². The summed E-state index contributed by atoms with van der Waals surface area (Å²) in [4.78, 5) is 10.5. The molecule has 1 aromatic rings. The molecule has 0 aliphatic heterocycles. The highest BCUT2D eigenvalue weighted by Gasteiger charge is 2.09. The molecule has 0 bridgehead atoms. The van der Waals surface area contributed by atoms with Crippen LogP contribution in [0.4, 0.5) is 0 Å². The van der Waals surface area contributed by atoms with E-state index in [4.69, 9.17) is 9.84 Å². The Labute approximate surface area is 96.1 Å². The van der Waals surface area contributed by atoms with Crippen LogP contribution in [-0.4, -0.2) is 17.7 Å². The van der Waals surface area contributed by atoms with Crippen molar-refractivity contribution in [2.45, 2.75) is 27.2 Å². The SMILES string of the molecule is Cc1ccc(C)c(OCC(C)CC(=O)O)c1. The molecule has 1 unspecified atom stereocenters. The minimum atomic E-state index is -0.780. The van der Waals surface area contributed by atoms with Crippen LogP contribution in [0.25, 0.3) is 0 Å². The summed E-state index contributed by atoms with van der Waals surface area (Å²) in [5, 5.41) is 8.62. The van der Waals surface area contributed by atoms with E-state index in [0.717, 1.165) is 16.9 Å². The molecule has 3 nitrogen and oxygen atoms in total. The fourth-order valence-corrected chi connectivity index (χ4v) is 1.45. The molecule has 0 heterocycles. The molecule has 16 heavy (non-hydrogen) atoms. The first-order valence-electron chi connectivity index (χ1n) is 5.41. The van der Waals surface area contributed by atoms with E-state index in [2.05, 4.69) is 0 Å². The number of carboxylic acid groups (broad SMARTS) is 1. The third-order valence-electron chi connectivity index (χ3n) is 2.39. The second-order valence-corrected chi connectivity index (χ2v) is 4.28. The van der Waals surface area contributed by atoms with Gasteiger partial charge in [0.2, 0.25) is 0 Å². The fraction of sp³-hybridized carbons (Fsp3) is 0.462. The smallest absolute Gasteiger partial charge is 0.303 e. The molecule has 3 heteroatoms. The minimum absolute atomic E-state index is 0.0254.